The van der Waals surface area contributed by atoms with Gasteiger partial charge in [0.15, 0.2) is 0 Å². The lowest BCUT2D eigenvalue weighted by Crippen LogP contribution is -2.15. The van der Waals surface area contributed by atoms with E-state index in [0.29, 0.717) is 12.0 Å². The van der Waals surface area contributed by atoms with E-state index < -0.39 is 0 Å². The zero-order chi connectivity index (χ0) is 10.8. The fourth-order valence-corrected chi connectivity index (χ4v) is 2.70. The molecule has 0 saturated heterocycles. The molecule has 1 heterocycles. The zero-order valence-electron chi connectivity index (χ0n) is 10.2. The third-order valence-electron chi connectivity index (χ3n) is 3.63. The molecule has 15 heavy (non-hydrogen) atoms. The first kappa shape index (κ1) is 10.7. The summed E-state index contributed by atoms with van der Waals surface area (Å²) in [6, 6.07) is 0.672. The molecule has 1 saturated carbocycles. The first-order valence-corrected chi connectivity index (χ1v) is 6.24. The van der Waals surface area contributed by atoms with E-state index in [1.54, 1.807) is 0 Å². The summed E-state index contributed by atoms with van der Waals surface area (Å²) in [7, 11) is 0. The van der Waals surface area contributed by atoms with Gasteiger partial charge in [-0.1, -0.05) is 33.1 Å². The second-order valence-electron chi connectivity index (χ2n) is 5.08. The SMILES string of the molecule is Cc1c(C(C)C)cnn1C1CCCCC1. The maximum absolute atomic E-state index is 4.58. The average Bonchev–Trinajstić information content (AvgIpc) is 2.61. The van der Waals surface area contributed by atoms with Gasteiger partial charge in [-0.15, -0.1) is 0 Å². The highest BCUT2D eigenvalue weighted by Gasteiger charge is 2.19. The lowest BCUT2D eigenvalue weighted by Gasteiger charge is -2.23. The number of rotatable bonds is 2. The molecule has 0 N–H and O–H groups in total. The molecule has 2 nitrogen and oxygen atoms in total. The molecular weight excluding hydrogens is 184 g/mol. The van der Waals surface area contributed by atoms with Gasteiger partial charge in [0.1, 0.15) is 0 Å². The summed E-state index contributed by atoms with van der Waals surface area (Å²) in [5.41, 5.74) is 2.80. The molecule has 1 aliphatic carbocycles. The predicted octanol–water partition coefficient (Wildman–Crippen LogP) is 3.82. The van der Waals surface area contributed by atoms with Crippen LogP contribution in [0.4, 0.5) is 0 Å². The third kappa shape index (κ3) is 2.09. The van der Waals surface area contributed by atoms with Crippen molar-refractivity contribution in [2.24, 2.45) is 0 Å². The summed E-state index contributed by atoms with van der Waals surface area (Å²) in [6.45, 7) is 6.71. The number of aromatic nitrogens is 2. The van der Waals surface area contributed by atoms with Crippen LogP contribution in [-0.2, 0) is 0 Å². The van der Waals surface area contributed by atoms with Gasteiger partial charge in [-0.2, -0.15) is 5.10 Å². The van der Waals surface area contributed by atoms with Gasteiger partial charge in [0, 0.05) is 5.69 Å². The summed E-state index contributed by atoms with van der Waals surface area (Å²) in [6.07, 6.45) is 8.87. The Labute approximate surface area is 92.7 Å². The highest BCUT2D eigenvalue weighted by atomic mass is 15.3. The van der Waals surface area contributed by atoms with Gasteiger partial charge in [0.05, 0.1) is 12.2 Å². The summed E-state index contributed by atoms with van der Waals surface area (Å²) in [5, 5.41) is 4.58. The quantitative estimate of drug-likeness (QED) is 0.719. The summed E-state index contributed by atoms with van der Waals surface area (Å²) < 4.78 is 2.27. The van der Waals surface area contributed by atoms with Crippen LogP contribution in [0.5, 0.6) is 0 Å². The van der Waals surface area contributed by atoms with Gasteiger partial charge in [-0.05, 0) is 31.2 Å². The Morgan fingerprint density at radius 2 is 1.93 bits per heavy atom. The van der Waals surface area contributed by atoms with Crippen LogP contribution in [0, 0.1) is 6.92 Å². The minimum Gasteiger partial charge on any atom is -0.267 e. The zero-order valence-corrected chi connectivity index (χ0v) is 10.2. The van der Waals surface area contributed by atoms with Gasteiger partial charge in [0.25, 0.3) is 0 Å². The largest absolute Gasteiger partial charge is 0.267 e. The molecule has 1 fully saturated rings. The van der Waals surface area contributed by atoms with E-state index in [9.17, 15) is 0 Å². The molecule has 1 aliphatic rings. The molecular formula is C13H22N2. The molecule has 1 aromatic rings. The molecule has 0 atom stereocenters. The van der Waals surface area contributed by atoms with Gasteiger partial charge >= 0.3 is 0 Å². The first-order valence-electron chi connectivity index (χ1n) is 6.24. The Morgan fingerprint density at radius 3 is 2.47 bits per heavy atom. The second kappa shape index (κ2) is 4.38. The maximum atomic E-state index is 4.58. The van der Waals surface area contributed by atoms with Crippen molar-refractivity contribution in [2.45, 2.75) is 64.8 Å². The Balaban J connectivity index is 2.20. The molecule has 0 aliphatic heterocycles. The van der Waals surface area contributed by atoms with Crippen molar-refractivity contribution in [2.75, 3.05) is 0 Å². The Bertz CT molecular complexity index is 319. The topological polar surface area (TPSA) is 17.8 Å². The molecule has 2 heteroatoms. The van der Waals surface area contributed by atoms with Crippen molar-refractivity contribution in [3.05, 3.63) is 17.5 Å². The monoisotopic (exact) mass is 206 g/mol. The molecule has 0 aromatic carbocycles. The Kier molecular flexibility index (Phi) is 3.13. The number of hydrogen-bond acceptors (Lipinski definition) is 1. The van der Waals surface area contributed by atoms with Crippen molar-refractivity contribution in [1.82, 2.24) is 9.78 Å². The van der Waals surface area contributed by atoms with E-state index >= 15 is 0 Å². The first-order chi connectivity index (χ1) is 7.20. The normalized spacial score (nSPS) is 18.7. The number of nitrogens with zero attached hydrogens (tertiary/aromatic N) is 2. The van der Waals surface area contributed by atoms with Crippen molar-refractivity contribution in [1.29, 1.82) is 0 Å². The molecule has 0 spiro atoms. The van der Waals surface area contributed by atoms with Crippen LogP contribution in [0.25, 0.3) is 0 Å². The molecule has 0 amide bonds. The van der Waals surface area contributed by atoms with Gasteiger partial charge in [-0.25, -0.2) is 0 Å². The van der Waals surface area contributed by atoms with E-state index in [-0.39, 0.29) is 0 Å². The highest BCUT2D eigenvalue weighted by molar-refractivity contribution is 5.20. The minimum atomic E-state index is 0.599. The van der Waals surface area contributed by atoms with Crippen LogP contribution in [0.1, 0.15) is 69.2 Å². The standard InChI is InChI=1S/C13H22N2/c1-10(2)13-9-14-15(11(13)3)12-7-5-4-6-8-12/h9-10,12H,4-8H2,1-3H3. The Morgan fingerprint density at radius 1 is 1.27 bits per heavy atom. The van der Waals surface area contributed by atoms with Crippen molar-refractivity contribution in [3.8, 4) is 0 Å². The van der Waals surface area contributed by atoms with Crippen LogP contribution < -0.4 is 0 Å². The lowest BCUT2D eigenvalue weighted by atomic mass is 9.95. The van der Waals surface area contributed by atoms with Crippen molar-refractivity contribution < 1.29 is 0 Å². The second-order valence-corrected chi connectivity index (χ2v) is 5.08. The van der Waals surface area contributed by atoms with Gasteiger partial charge in [-0.3, -0.25) is 4.68 Å². The number of hydrogen-bond donors (Lipinski definition) is 0. The third-order valence-corrected chi connectivity index (χ3v) is 3.63. The van der Waals surface area contributed by atoms with Gasteiger partial charge in [0.2, 0.25) is 0 Å². The smallest absolute Gasteiger partial charge is 0.0527 e. The average molecular weight is 206 g/mol. The molecule has 2 rings (SSSR count). The van der Waals surface area contributed by atoms with Gasteiger partial charge < -0.3 is 0 Å². The molecule has 0 unspecified atom stereocenters. The van der Waals surface area contributed by atoms with E-state index in [2.05, 4.69) is 36.7 Å². The summed E-state index contributed by atoms with van der Waals surface area (Å²) in [4.78, 5) is 0. The minimum absolute atomic E-state index is 0.599. The van der Waals surface area contributed by atoms with Crippen LogP contribution >= 0.6 is 0 Å². The molecule has 0 bridgehead atoms. The van der Waals surface area contributed by atoms with Crippen LogP contribution in [0.15, 0.2) is 6.20 Å². The van der Waals surface area contributed by atoms with E-state index in [4.69, 9.17) is 0 Å². The van der Waals surface area contributed by atoms with Crippen LogP contribution in [0.3, 0.4) is 0 Å². The molecule has 1 aromatic heterocycles. The van der Waals surface area contributed by atoms with Crippen LogP contribution in [-0.4, -0.2) is 9.78 Å². The summed E-state index contributed by atoms with van der Waals surface area (Å²) >= 11 is 0. The van der Waals surface area contributed by atoms with E-state index in [1.807, 2.05) is 0 Å². The van der Waals surface area contributed by atoms with Crippen molar-refractivity contribution >= 4 is 0 Å². The fourth-order valence-electron chi connectivity index (χ4n) is 2.70. The van der Waals surface area contributed by atoms with E-state index in [0.717, 1.165) is 0 Å². The van der Waals surface area contributed by atoms with Crippen LogP contribution in [0.2, 0.25) is 0 Å². The molecule has 0 radical (unpaired) electrons. The van der Waals surface area contributed by atoms with E-state index in [1.165, 1.54) is 43.4 Å². The summed E-state index contributed by atoms with van der Waals surface area (Å²) in [5.74, 6) is 0.599. The highest BCUT2D eigenvalue weighted by Crippen LogP contribution is 2.30. The lowest BCUT2D eigenvalue weighted by molar-refractivity contribution is 0.324. The van der Waals surface area contributed by atoms with Crippen molar-refractivity contribution in [3.63, 3.8) is 0 Å². The fraction of sp³-hybridized carbons (Fsp3) is 0.769. The maximum Gasteiger partial charge on any atom is 0.0527 e. The predicted molar refractivity (Wildman–Crippen MR) is 63.2 cm³/mol. The Hall–Kier alpha value is -0.790. The molecule has 84 valence electrons.